The lowest BCUT2D eigenvalue weighted by atomic mass is 9.95. The third-order valence-corrected chi connectivity index (χ3v) is 3.44. The van der Waals surface area contributed by atoms with E-state index >= 15 is 0 Å². The molecule has 1 fully saturated rings. The Morgan fingerprint density at radius 3 is 2.71 bits per heavy atom. The van der Waals surface area contributed by atoms with E-state index in [-0.39, 0.29) is 17.9 Å². The maximum atomic E-state index is 12.4. The molecule has 1 amide bonds. The number of hydrogen-bond acceptors (Lipinski definition) is 2. The number of likely N-dealkylation sites (tertiary alicyclic amines) is 1. The molecular formula is C14H20N2O. The topological polar surface area (TPSA) is 46.3 Å². The van der Waals surface area contributed by atoms with Crippen molar-refractivity contribution in [3.8, 4) is 0 Å². The molecule has 2 rings (SSSR count). The molecule has 0 bridgehead atoms. The molecule has 0 radical (unpaired) electrons. The van der Waals surface area contributed by atoms with Crippen molar-refractivity contribution in [2.75, 3.05) is 13.1 Å². The summed E-state index contributed by atoms with van der Waals surface area (Å²) >= 11 is 0. The lowest BCUT2D eigenvalue weighted by Crippen LogP contribution is -2.35. The first-order chi connectivity index (χ1) is 8.22. The predicted molar refractivity (Wildman–Crippen MR) is 68.6 cm³/mol. The normalized spacial score (nSPS) is 21.5. The van der Waals surface area contributed by atoms with Gasteiger partial charge in [0.1, 0.15) is 0 Å². The van der Waals surface area contributed by atoms with Gasteiger partial charge in [-0.25, -0.2) is 0 Å². The summed E-state index contributed by atoms with van der Waals surface area (Å²) in [6.45, 7) is 3.58. The predicted octanol–water partition coefficient (Wildman–Crippen LogP) is 1.74. The van der Waals surface area contributed by atoms with Crippen LogP contribution in [0.25, 0.3) is 0 Å². The molecule has 0 saturated carbocycles. The summed E-state index contributed by atoms with van der Waals surface area (Å²) in [5.41, 5.74) is 6.96. The minimum absolute atomic E-state index is 0.0125. The number of rotatable bonds is 3. The van der Waals surface area contributed by atoms with E-state index < -0.39 is 0 Å². The molecule has 0 unspecified atom stereocenters. The smallest absolute Gasteiger partial charge is 0.230 e. The van der Waals surface area contributed by atoms with E-state index in [0.29, 0.717) is 6.54 Å². The van der Waals surface area contributed by atoms with E-state index in [0.717, 1.165) is 24.9 Å². The number of benzene rings is 1. The first-order valence-electron chi connectivity index (χ1n) is 6.31. The summed E-state index contributed by atoms with van der Waals surface area (Å²) in [6.07, 6.45) is 1.77. The van der Waals surface area contributed by atoms with Gasteiger partial charge in [-0.3, -0.25) is 4.79 Å². The minimum atomic E-state index is -0.0125. The summed E-state index contributed by atoms with van der Waals surface area (Å²) in [5, 5.41) is 0. The van der Waals surface area contributed by atoms with Crippen molar-refractivity contribution in [2.24, 2.45) is 5.73 Å². The van der Waals surface area contributed by atoms with Gasteiger partial charge in [0.05, 0.1) is 5.92 Å². The first-order valence-corrected chi connectivity index (χ1v) is 6.31. The van der Waals surface area contributed by atoms with Crippen LogP contribution in [0.15, 0.2) is 30.3 Å². The third-order valence-electron chi connectivity index (χ3n) is 3.44. The van der Waals surface area contributed by atoms with Crippen molar-refractivity contribution in [1.29, 1.82) is 0 Å². The van der Waals surface area contributed by atoms with E-state index in [9.17, 15) is 4.79 Å². The van der Waals surface area contributed by atoms with Crippen molar-refractivity contribution in [1.82, 2.24) is 4.90 Å². The molecule has 1 saturated heterocycles. The van der Waals surface area contributed by atoms with Gasteiger partial charge in [-0.15, -0.1) is 0 Å². The van der Waals surface area contributed by atoms with Gasteiger partial charge < -0.3 is 10.6 Å². The lowest BCUT2D eigenvalue weighted by Gasteiger charge is -2.22. The van der Waals surface area contributed by atoms with Crippen LogP contribution in [0, 0.1) is 0 Å². The van der Waals surface area contributed by atoms with Crippen molar-refractivity contribution in [3.63, 3.8) is 0 Å². The quantitative estimate of drug-likeness (QED) is 0.863. The number of hydrogen-bond donors (Lipinski definition) is 1. The van der Waals surface area contributed by atoms with Crippen LogP contribution in [0.3, 0.4) is 0 Å². The second kappa shape index (κ2) is 5.32. The first kappa shape index (κ1) is 12.1. The molecule has 0 aromatic heterocycles. The van der Waals surface area contributed by atoms with Crippen LogP contribution in [0.1, 0.15) is 31.2 Å². The Hall–Kier alpha value is -1.35. The Balaban J connectivity index is 2.11. The zero-order chi connectivity index (χ0) is 12.3. The van der Waals surface area contributed by atoms with Crippen molar-refractivity contribution >= 4 is 5.91 Å². The van der Waals surface area contributed by atoms with E-state index in [1.807, 2.05) is 35.2 Å². The number of carbonyl (C=O) groups is 1. The molecule has 17 heavy (non-hydrogen) atoms. The molecule has 2 atom stereocenters. The fourth-order valence-electron chi connectivity index (χ4n) is 2.45. The van der Waals surface area contributed by atoms with Crippen molar-refractivity contribution in [2.45, 2.75) is 31.7 Å². The molecule has 0 aliphatic carbocycles. The number of amides is 1. The SMILES string of the molecule is CC[C@@H](C(=O)N1CC[C@@H](N)C1)c1ccccc1. The highest BCUT2D eigenvalue weighted by atomic mass is 16.2. The molecule has 0 spiro atoms. The zero-order valence-electron chi connectivity index (χ0n) is 10.3. The maximum Gasteiger partial charge on any atom is 0.230 e. The van der Waals surface area contributed by atoms with E-state index in [1.54, 1.807) is 0 Å². The van der Waals surface area contributed by atoms with E-state index in [4.69, 9.17) is 5.73 Å². The summed E-state index contributed by atoms with van der Waals surface area (Å²) < 4.78 is 0. The maximum absolute atomic E-state index is 12.4. The van der Waals surface area contributed by atoms with Crippen LogP contribution in [-0.4, -0.2) is 29.9 Å². The molecule has 1 aromatic rings. The highest BCUT2D eigenvalue weighted by molar-refractivity contribution is 5.84. The highest BCUT2D eigenvalue weighted by Crippen LogP contribution is 2.23. The number of nitrogens with two attached hydrogens (primary N) is 1. The Morgan fingerprint density at radius 1 is 1.47 bits per heavy atom. The van der Waals surface area contributed by atoms with Gasteiger partial charge in [-0.2, -0.15) is 0 Å². The molecular weight excluding hydrogens is 212 g/mol. The fourth-order valence-corrected chi connectivity index (χ4v) is 2.45. The minimum Gasteiger partial charge on any atom is -0.341 e. The monoisotopic (exact) mass is 232 g/mol. The van der Waals surface area contributed by atoms with Gasteiger partial charge >= 0.3 is 0 Å². The Morgan fingerprint density at radius 2 is 2.18 bits per heavy atom. The largest absolute Gasteiger partial charge is 0.341 e. The lowest BCUT2D eigenvalue weighted by molar-refractivity contribution is -0.131. The summed E-state index contributed by atoms with van der Waals surface area (Å²) in [5.74, 6) is 0.216. The van der Waals surface area contributed by atoms with Gasteiger partial charge in [0, 0.05) is 19.1 Å². The van der Waals surface area contributed by atoms with Crippen LogP contribution in [-0.2, 0) is 4.79 Å². The molecule has 3 heteroatoms. The van der Waals surface area contributed by atoms with Crippen LogP contribution in [0.4, 0.5) is 0 Å². The van der Waals surface area contributed by atoms with E-state index in [1.165, 1.54) is 0 Å². The average Bonchev–Trinajstić information content (AvgIpc) is 2.78. The second-order valence-electron chi connectivity index (χ2n) is 4.70. The third kappa shape index (κ3) is 2.67. The molecule has 92 valence electrons. The van der Waals surface area contributed by atoms with Crippen LogP contribution >= 0.6 is 0 Å². The number of nitrogens with zero attached hydrogens (tertiary/aromatic N) is 1. The Bertz CT molecular complexity index is 377. The summed E-state index contributed by atoms with van der Waals surface area (Å²) in [6, 6.07) is 10.2. The van der Waals surface area contributed by atoms with Crippen LogP contribution in [0.5, 0.6) is 0 Å². The van der Waals surface area contributed by atoms with Gasteiger partial charge in [-0.1, -0.05) is 37.3 Å². The highest BCUT2D eigenvalue weighted by Gasteiger charge is 2.29. The Labute approximate surface area is 103 Å². The van der Waals surface area contributed by atoms with Crippen molar-refractivity contribution in [3.05, 3.63) is 35.9 Å². The van der Waals surface area contributed by atoms with Crippen LogP contribution < -0.4 is 5.73 Å². The van der Waals surface area contributed by atoms with Gasteiger partial charge in [0.2, 0.25) is 5.91 Å². The molecule has 1 aliphatic rings. The molecule has 1 aromatic carbocycles. The van der Waals surface area contributed by atoms with Crippen molar-refractivity contribution < 1.29 is 4.79 Å². The summed E-state index contributed by atoms with van der Waals surface area (Å²) in [4.78, 5) is 14.3. The summed E-state index contributed by atoms with van der Waals surface area (Å²) in [7, 11) is 0. The second-order valence-corrected chi connectivity index (χ2v) is 4.70. The standard InChI is InChI=1S/C14H20N2O/c1-2-13(11-6-4-3-5-7-11)14(17)16-9-8-12(15)10-16/h3-7,12-13H,2,8-10,15H2,1H3/t12-,13-/m1/s1. The van der Waals surface area contributed by atoms with Gasteiger partial charge in [-0.05, 0) is 18.4 Å². The van der Waals surface area contributed by atoms with Gasteiger partial charge in [0.25, 0.3) is 0 Å². The van der Waals surface area contributed by atoms with E-state index in [2.05, 4.69) is 6.92 Å². The zero-order valence-corrected chi connectivity index (χ0v) is 10.3. The molecule has 3 nitrogen and oxygen atoms in total. The Kier molecular flexibility index (Phi) is 3.79. The molecule has 1 heterocycles. The fraction of sp³-hybridized carbons (Fsp3) is 0.500. The molecule has 1 aliphatic heterocycles. The number of carbonyl (C=O) groups excluding carboxylic acids is 1. The molecule has 2 N–H and O–H groups in total. The van der Waals surface area contributed by atoms with Gasteiger partial charge in [0.15, 0.2) is 0 Å². The average molecular weight is 232 g/mol. The van der Waals surface area contributed by atoms with Crippen LogP contribution in [0.2, 0.25) is 0 Å².